The van der Waals surface area contributed by atoms with Crippen LogP contribution in [0.15, 0.2) is 24.3 Å². The van der Waals surface area contributed by atoms with E-state index in [1.165, 1.54) is 12.1 Å². The molecule has 2 fully saturated rings. The van der Waals surface area contributed by atoms with Gasteiger partial charge in [-0.3, -0.25) is 14.5 Å². The minimum atomic E-state index is -0.532. The van der Waals surface area contributed by atoms with Crippen molar-refractivity contribution < 1.29 is 14.0 Å². The van der Waals surface area contributed by atoms with E-state index < -0.39 is 5.38 Å². The number of likely N-dealkylation sites (tertiary alicyclic amines) is 1. The summed E-state index contributed by atoms with van der Waals surface area (Å²) in [6.07, 6.45) is 1.38. The van der Waals surface area contributed by atoms with Gasteiger partial charge >= 0.3 is 0 Å². The van der Waals surface area contributed by atoms with Gasteiger partial charge in [0.2, 0.25) is 11.8 Å². The van der Waals surface area contributed by atoms with E-state index in [4.69, 9.17) is 11.6 Å². The fourth-order valence-corrected chi connectivity index (χ4v) is 4.68. The van der Waals surface area contributed by atoms with Gasteiger partial charge in [-0.15, -0.1) is 23.4 Å². The van der Waals surface area contributed by atoms with Gasteiger partial charge in [-0.2, -0.15) is 0 Å². The number of amides is 2. The number of carbonyl (C=O) groups is 2. The van der Waals surface area contributed by atoms with Crippen molar-refractivity contribution in [3.63, 3.8) is 0 Å². The first-order valence-corrected chi connectivity index (χ1v) is 9.01. The Morgan fingerprint density at radius 2 is 1.91 bits per heavy atom. The molecule has 1 atom stereocenters. The van der Waals surface area contributed by atoms with Crippen molar-refractivity contribution >= 4 is 40.9 Å². The molecule has 0 aromatic heterocycles. The van der Waals surface area contributed by atoms with Gasteiger partial charge < -0.3 is 4.90 Å². The quantitative estimate of drug-likeness (QED) is 0.765. The molecule has 2 amide bonds. The molecule has 2 aliphatic heterocycles. The molecular formula is C16H18ClFN2O2S. The van der Waals surface area contributed by atoms with Crippen LogP contribution in [0.2, 0.25) is 0 Å². The minimum absolute atomic E-state index is 0.0343. The van der Waals surface area contributed by atoms with Gasteiger partial charge in [-0.05, 0) is 44.0 Å². The van der Waals surface area contributed by atoms with Crippen molar-refractivity contribution in [2.45, 2.75) is 30.0 Å². The largest absolute Gasteiger partial charge is 0.341 e. The highest BCUT2D eigenvalue weighted by Gasteiger charge is 2.49. The van der Waals surface area contributed by atoms with Crippen molar-refractivity contribution in [3.8, 4) is 0 Å². The summed E-state index contributed by atoms with van der Waals surface area (Å²) in [5, 5.41) is -0.532. The summed E-state index contributed by atoms with van der Waals surface area (Å²) in [7, 11) is 0. The number of hydrogen-bond acceptors (Lipinski definition) is 3. The first kappa shape index (κ1) is 16.6. The second kappa shape index (κ2) is 6.32. The molecule has 2 aliphatic rings. The number of rotatable bonds is 2. The van der Waals surface area contributed by atoms with E-state index in [0.717, 1.165) is 0 Å². The molecular weight excluding hydrogens is 339 g/mol. The van der Waals surface area contributed by atoms with E-state index in [0.29, 0.717) is 37.4 Å². The van der Waals surface area contributed by atoms with Gasteiger partial charge in [0, 0.05) is 18.8 Å². The summed E-state index contributed by atoms with van der Waals surface area (Å²) in [6, 6.07) is 6.01. The molecule has 4 nitrogen and oxygen atoms in total. The molecule has 0 unspecified atom stereocenters. The van der Waals surface area contributed by atoms with Gasteiger partial charge in [0.05, 0.1) is 10.6 Å². The maximum absolute atomic E-state index is 13.2. The van der Waals surface area contributed by atoms with E-state index in [2.05, 4.69) is 0 Å². The van der Waals surface area contributed by atoms with Crippen LogP contribution in [0.5, 0.6) is 0 Å². The lowest BCUT2D eigenvalue weighted by Gasteiger charge is -2.44. The number of halogens is 2. The number of carbonyl (C=O) groups excluding carboxylic acids is 2. The highest BCUT2D eigenvalue weighted by molar-refractivity contribution is 8.02. The molecule has 3 rings (SSSR count). The highest BCUT2D eigenvalue weighted by atomic mass is 35.5. The fraction of sp³-hybridized carbons (Fsp3) is 0.500. The standard InChI is InChI=1S/C16H18ClFN2O2S/c1-11(17)15(22)19-8-6-16(7-9-19)20(14(21)10-23-16)13-4-2-12(18)3-5-13/h2-5,11H,6-10H2,1H3/t11-/m0/s1. The summed E-state index contributed by atoms with van der Waals surface area (Å²) in [5.41, 5.74) is 0.715. The Hall–Kier alpha value is -1.27. The van der Waals surface area contributed by atoms with Crippen LogP contribution in [0, 0.1) is 5.82 Å². The lowest BCUT2D eigenvalue weighted by atomic mass is 10.0. The molecule has 0 aliphatic carbocycles. The van der Waals surface area contributed by atoms with Crippen LogP contribution in [0.25, 0.3) is 0 Å². The number of alkyl halides is 1. The highest BCUT2D eigenvalue weighted by Crippen LogP contribution is 2.46. The lowest BCUT2D eigenvalue weighted by molar-refractivity contribution is -0.131. The van der Waals surface area contributed by atoms with E-state index in [9.17, 15) is 14.0 Å². The smallest absolute Gasteiger partial charge is 0.240 e. The average molecular weight is 357 g/mol. The van der Waals surface area contributed by atoms with Crippen molar-refractivity contribution in [2.75, 3.05) is 23.7 Å². The summed E-state index contributed by atoms with van der Waals surface area (Å²) in [5.74, 6) is 0.0620. The predicted molar refractivity (Wildman–Crippen MR) is 90.2 cm³/mol. The SMILES string of the molecule is C[C@H](Cl)C(=O)N1CCC2(CC1)SCC(=O)N2c1ccc(F)cc1. The summed E-state index contributed by atoms with van der Waals surface area (Å²) in [6.45, 7) is 2.83. The third kappa shape index (κ3) is 3.06. The second-order valence-corrected chi connectivity index (χ2v) is 7.87. The van der Waals surface area contributed by atoms with E-state index in [1.54, 1.807) is 40.6 Å². The molecule has 124 valence electrons. The van der Waals surface area contributed by atoms with Crippen molar-refractivity contribution in [1.82, 2.24) is 4.90 Å². The maximum atomic E-state index is 13.2. The van der Waals surface area contributed by atoms with Crippen molar-refractivity contribution in [1.29, 1.82) is 0 Å². The third-order valence-corrected chi connectivity index (χ3v) is 6.11. The van der Waals surface area contributed by atoms with E-state index in [-0.39, 0.29) is 22.5 Å². The Bertz CT molecular complexity index is 615. The monoisotopic (exact) mass is 356 g/mol. The van der Waals surface area contributed by atoms with Crippen LogP contribution in [-0.4, -0.2) is 45.8 Å². The third-order valence-electron chi connectivity index (χ3n) is 4.40. The molecule has 7 heteroatoms. The molecule has 0 radical (unpaired) electrons. The number of nitrogens with zero attached hydrogens (tertiary/aromatic N) is 2. The average Bonchev–Trinajstić information content (AvgIpc) is 2.85. The maximum Gasteiger partial charge on any atom is 0.240 e. The number of hydrogen-bond donors (Lipinski definition) is 0. The van der Waals surface area contributed by atoms with Gasteiger partial charge in [0.25, 0.3) is 0 Å². The number of thioether (sulfide) groups is 1. The van der Waals surface area contributed by atoms with Crippen LogP contribution in [0.4, 0.5) is 10.1 Å². The molecule has 1 aromatic rings. The van der Waals surface area contributed by atoms with Gasteiger partial charge in [0.15, 0.2) is 0 Å². The number of anilines is 1. The topological polar surface area (TPSA) is 40.6 Å². The first-order valence-electron chi connectivity index (χ1n) is 7.58. The zero-order valence-electron chi connectivity index (χ0n) is 12.8. The lowest BCUT2D eigenvalue weighted by Crippen LogP contribution is -2.54. The number of benzene rings is 1. The van der Waals surface area contributed by atoms with Crippen LogP contribution in [0.1, 0.15) is 19.8 Å². The number of piperidine rings is 1. The summed E-state index contributed by atoms with van der Waals surface area (Å²) < 4.78 is 13.2. The van der Waals surface area contributed by atoms with Gasteiger partial charge in [-0.1, -0.05) is 0 Å². The molecule has 0 bridgehead atoms. The van der Waals surface area contributed by atoms with Gasteiger partial charge in [0.1, 0.15) is 11.2 Å². The summed E-state index contributed by atoms with van der Waals surface area (Å²) >= 11 is 7.49. The summed E-state index contributed by atoms with van der Waals surface area (Å²) in [4.78, 5) is 27.6. The van der Waals surface area contributed by atoms with Gasteiger partial charge in [-0.25, -0.2) is 4.39 Å². The van der Waals surface area contributed by atoms with Crippen LogP contribution < -0.4 is 4.90 Å². The van der Waals surface area contributed by atoms with E-state index in [1.807, 2.05) is 0 Å². The molecule has 23 heavy (non-hydrogen) atoms. The predicted octanol–water partition coefficient (Wildman–Crippen LogP) is 2.85. The van der Waals surface area contributed by atoms with Crippen LogP contribution >= 0.6 is 23.4 Å². The zero-order chi connectivity index (χ0) is 16.6. The van der Waals surface area contributed by atoms with E-state index >= 15 is 0 Å². The van der Waals surface area contributed by atoms with Crippen molar-refractivity contribution in [3.05, 3.63) is 30.1 Å². The molecule has 1 aromatic carbocycles. The molecule has 2 heterocycles. The molecule has 0 saturated carbocycles. The van der Waals surface area contributed by atoms with Crippen LogP contribution in [0.3, 0.4) is 0 Å². The Morgan fingerprint density at radius 1 is 1.30 bits per heavy atom. The van der Waals surface area contributed by atoms with Crippen molar-refractivity contribution in [2.24, 2.45) is 0 Å². The Labute approximate surface area is 144 Å². The Morgan fingerprint density at radius 3 is 2.48 bits per heavy atom. The molecule has 2 saturated heterocycles. The first-order chi connectivity index (χ1) is 10.9. The second-order valence-electron chi connectivity index (χ2n) is 5.88. The zero-order valence-corrected chi connectivity index (χ0v) is 14.4. The Balaban J connectivity index is 1.80. The Kier molecular flexibility index (Phi) is 4.56. The fourth-order valence-electron chi connectivity index (χ4n) is 3.22. The minimum Gasteiger partial charge on any atom is -0.341 e. The molecule has 0 N–H and O–H groups in total. The molecule has 1 spiro atoms. The normalized spacial score (nSPS) is 21.8. The van der Waals surface area contributed by atoms with Crippen LogP contribution in [-0.2, 0) is 9.59 Å².